The molecule has 0 bridgehead atoms. The number of rotatable bonds is 7. The van der Waals surface area contributed by atoms with E-state index in [4.69, 9.17) is 10.5 Å². The van der Waals surface area contributed by atoms with Gasteiger partial charge in [-0.1, -0.05) is 48.5 Å². The number of likely N-dealkylation sites (tertiary alicyclic amines) is 1. The van der Waals surface area contributed by atoms with Gasteiger partial charge in [-0.05, 0) is 49.9 Å². The summed E-state index contributed by atoms with van der Waals surface area (Å²) in [5, 5.41) is 0.951. The van der Waals surface area contributed by atoms with E-state index in [-0.39, 0.29) is 12.0 Å². The van der Waals surface area contributed by atoms with Crippen LogP contribution < -0.4 is 5.73 Å². The lowest BCUT2D eigenvalue weighted by atomic mass is 9.97. The van der Waals surface area contributed by atoms with Crippen LogP contribution in [0, 0.1) is 5.92 Å². The van der Waals surface area contributed by atoms with Gasteiger partial charge < -0.3 is 19.9 Å². The molecule has 2 heterocycles. The van der Waals surface area contributed by atoms with E-state index in [1.54, 1.807) is 0 Å². The van der Waals surface area contributed by atoms with Gasteiger partial charge in [-0.2, -0.15) is 0 Å². The van der Waals surface area contributed by atoms with Crippen LogP contribution in [0.25, 0.3) is 10.9 Å². The van der Waals surface area contributed by atoms with Gasteiger partial charge in [0.15, 0.2) is 0 Å². The normalized spacial score (nSPS) is 16.6. The minimum Gasteiger partial charge on any atom is -0.462 e. The van der Waals surface area contributed by atoms with E-state index in [9.17, 15) is 4.79 Å². The molecular formula is C25H31N3O2. The monoisotopic (exact) mass is 405 g/mol. The van der Waals surface area contributed by atoms with Crippen molar-refractivity contribution in [1.82, 2.24) is 9.47 Å². The van der Waals surface area contributed by atoms with Crippen LogP contribution >= 0.6 is 0 Å². The number of para-hydroxylation sites is 1. The van der Waals surface area contributed by atoms with Gasteiger partial charge in [-0.15, -0.1) is 0 Å². The number of carbonyl (C=O) groups excluding carboxylic acids is 1. The summed E-state index contributed by atoms with van der Waals surface area (Å²) in [5.74, 6) is 0.199. The minimum atomic E-state index is -0.223. The molecule has 1 aliphatic rings. The second-order valence-corrected chi connectivity index (χ2v) is 8.46. The van der Waals surface area contributed by atoms with Crippen molar-refractivity contribution in [2.45, 2.75) is 25.3 Å². The van der Waals surface area contributed by atoms with Gasteiger partial charge in [-0.25, -0.2) is 4.79 Å². The molecule has 1 unspecified atom stereocenters. The van der Waals surface area contributed by atoms with E-state index in [0.29, 0.717) is 18.1 Å². The molecule has 0 saturated carbocycles. The SMILES string of the molecule is Cn1cc(C(=O)OCC2CCN(CC(N)Cc3ccccc3)CC2)c2ccccc21. The van der Waals surface area contributed by atoms with E-state index < -0.39 is 0 Å². The van der Waals surface area contributed by atoms with Crippen LogP contribution in [0.5, 0.6) is 0 Å². The molecule has 0 radical (unpaired) electrons. The number of aryl methyl sites for hydroxylation is 1. The van der Waals surface area contributed by atoms with Crippen molar-refractivity contribution >= 4 is 16.9 Å². The fraction of sp³-hybridized carbons (Fsp3) is 0.400. The van der Waals surface area contributed by atoms with Gasteiger partial charge >= 0.3 is 5.97 Å². The molecule has 2 aromatic carbocycles. The molecule has 5 nitrogen and oxygen atoms in total. The number of esters is 1. The molecule has 1 saturated heterocycles. The van der Waals surface area contributed by atoms with Crippen LogP contribution in [0.3, 0.4) is 0 Å². The van der Waals surface area contributed by atoms with E-state index in [2.05, 4.69) is 29.2 Å². The van der Waals surface area contributed by atoms with Crippen LogP contribution in [-0.2, 0) is 18.2 Å². The van der Waals surface area contributed by atoms with Crippen LogP contribution in [-0.4, -0.2) is 47.7 Å². The van der Waals surface area contributed by atoms with Crippen molar-refractivity contribution in [3.63, 3.8) is 0 Å². The number of ether oxygens (including phenoxy) is 1. The maximum absolute atomic E-state index is 12.6. The van der Waals surface area contributed by atoms with Crippen molar-refractivity contribution in [2.75, 3.05) is 26.2 Å². The molecule has 0 spiro atoms. The molecule has 1 aromatic heterocycles. The van der Waals surface area contributed by atoms with Gasteiger partial charge in [0.2, 0.25) is 0 Å². The number of nitrogens with two attached hydrogens (primary N) is 1. The summed E-state index contributed by atoms with van der Waals surface area (Å²) in [7, 11) is 1.96. The summed E-state index contributed by atoms with van der Waals surface area (Å²) in [4.78, 5) is 15.1. The number of nitrogens with zero attached hydrogens (tertiary/aromatic N) is 2. The summed E-state index contributed by atoms with van der Waals surface area (Å²) in [5.41, 5.74) is 9.36. The van der Waals surface area contributed by atoms with Crippen LogP contribution in [0.15, 0.2) is 60.8 Å². The van der Waals surface area contributed by atoms with Crippen LogP contribution in [0.1, 0.15) is 28.8 Å². The highest BCUT2D eigenvalue weighted by Crippen LogP contribution is 2.23. The largest absolute Gasteiger partial charge is 0.462 e. The Bertz CT molecular complexity index is 974. The highest BCUT2D eigenvalue weighted by molar-refractivity contribution is 6.04. The standard InChI is InChI=1S/C25H31N3O2/c1-27-17-23(22-9-5-6-10-24(22)27)25(29)30-18-20-11-13-28(14-12-20)16-21(26)15-19-7-3-2-4-8-19/h2-10,17,20-21H,11-16,18,26H2,1H3. The van der Waals surface area contributed by atoms with Gasteiger partial charge in [0.05, 0.1) is 12.2 Å². The molecule has 30 heavy (non-hydrogen) atoms. The molecule has 3 aromatic rings. The first kappa shape index (κ1) is 20.6. The lowest BCUT2D eigenvalue weighted by Crippen LogP contribution is -2.43. The molecule has 2 N–H and O–H groups in total. The third kappa shape index (κ3) is 4.91. The zero-order chi connectivity index (χ0) is 20.9. The molecule has 1 atom stereocenters. The Hall–Kier alpha value is -2.63. The molecule has 5 heteroatoms. The van der Waals surface area contributed by atoms with Gasteiger partial charge in [-0.3, -0.25) is 0 Å². The first-order chi connectivity index (χ1) is 14.6. The molecule has 158 valence electrons. The Labute approximate surface area is 178 Å². The van der Waals surface area contributed by atoms with Crippen LogP contribution in [0.4, 0.5) is 0 Å². The first-order valence-electron chi connectivity index (χ1n) is 10.8. The fourth-order valence-electron chi connectivity index (χ4n) is 4.42. The Morgan fingerprint density at radius 2 is 1.80 bits per heavy atom. The summed E-state index contributed by atoms with van der Waals surface area (Å²) >= 11 is 0. The molecule has 4 rings (SSSR count). The highest BCUT2D eigenvalue weighted by atomic mass is 16.5. The Morgan fingerprint density at radius 3 is 2.57 bits per heavy atom. The summed E-state index contributed by atoms with van der Waals surface area (Å²) < 4.78 is 7.66. The third-order valence-electron chi connectivity index (χ3n) is 6.11. The molecule has 1 fully saturated rings. The number of aromatic nitrogens is 1. The Balaban J connectivity index is 1.22. The number of carbonyl (C=O) groups is 1. The van der Waals surface area contributed by atoms with E-state index >= 15 is 0 Å². The van der Waals surface area contributed by atoms with Crippen molar-refractivity contribution in [1.29, 1.82) is 0 Å². The van der Waals surface area contributed by atoms with Gasteiger partial charge in [0.1, 0.15) is 0 Å². The van der Waals surface area contributed by atoms with Crippen molar-refractivity contribution < 1.29 is 9.53 Å². The Kier molecular flexibility index (Phi) is 6.50. The summed E-state index contributed by atoms with van der Waals surface area (Å²) in [6.07, 6.45) is 4.86. The quantitative estimate of drug-likeness (QED) is 0.610. The van der Waals surface area contributed by atoms with E-state index in [0.717, 1.165) is 49.8 Å². The van der Waals surface area contributed by atoms with Crippen molar-refractivity contribution in [3.05, 3.63) is 71.9 Å². The van der Waals surface area contributed by atoms with Crippen molar-refractivity contribution in [2.24, 2.45) is 18.7 Å². The zero-order valence-electron chi connectivity index (χ0n) is 17.7. The fourth-order valence-corrected chi connectivity index (χ4v) is 4.42. The molecule has 1 aliphatic heterocycles. The minimum absolute atomic E-state index is 0.146. The summed E-state index contributed by atoms with van der Waals surface area (Å²) in [6, 6.07) is 18.5. The average Bonchev–Trinajstić information content (AvgIpc) is 3.11. The maximum Gasteiger partial charge on any atom is 0.340 e. The molecule has 0 amide bonds. The van der Waals surface area contributed by atoms with E-state index in [1.165, 1.54) is 5.56 Å². The number of benzene rings is 2. The van der Waals surface area contributed by atoms with Gasteiger partial charge in [0, 0.05) is 36.7 Å². The highest BCUT2D eigenvalue weighted by Gasteiger charge is 2.23. The van der Waals surface area contributed by atoms with Gasteiger partial charge in [0.25, 0.3) is 0 Å². The van der Waals surface area contributed by atoms with Crippen LogP contribution in [0.2, 0.25) is 0 Å². The Morgan fingerprint density at radius 1 is 1.10 bits per heavy atom. The summed E-state index contributed by atoms with van der Waals surface area (Å²) in [6.45, 7) is 3.43. The van der Waals surface area contributed by atoms with E-state index in [1.807, 2.05) is 48.1 Å². The second kappa shape index (κ2) is 9.45. The predicted molar refractivity (Wildman–Crippen MR) is 120 cm³/mol. The zero-order valence-corrected chi connectivity index (χ0v) is 17.7. The lowest BCUT2D eigenvalue weighted by Gasteiger charge is -2.33. The smallest absolute Gasteiger partial charge is 0.340 e. The van der Waals surface area contributed by atoms with Crippen molar-refractivity contribution in [3.8, 4) is 0 Å². The molecule has 0 aliphatic carbocycles. The number of hydrogen-bond acceptors (Lipinski definition) is 4. The topological polar surface area (TPSA) is 60.5 Å². The lowest BCUT2D eigenvalue weighted by molar-refractivity contribution is 0.0372. The second-order valence-electron chi connectivity index (χ2n) is 8.46. The number of hydrogen-bond donors (Lipinski definition) is 1. The number of piperidine rings is 1. The third-order valence-corrected chi connectivity index (χ3v) is 6.11. The maximum atomic E-state index is 12.6. The number of fused-ring (bicyclic) bond motifs is 1. The average molecular weight is 406 g/mol. The predicted octanol–water partition coefficient (Wildman–Crippen LogP) is 3.62. The molecular weight excluding hydrogens is 374 g/mol. The first-order valence-corrected chi connectivity index (χ1v) is 10.8.